The van der Waals surface area contributed by atoms with E-state index in [4.69, 9.17) is 0 Å². The molecule has 0 bridgehead atoms. The maximum Gasteiger partial charge on any atom is 0.366 e. The quantitative estimate of drug-likeness (QED) is 0.285. The Hall–Kier alpha value is -0.610. The molecule has 1 radical (unpaired) electrons. The summed E-state index contributed by atoms with van der Waals surface area (Å²) in [7, 11) is 0. The second kappa shape index (κ2) is 1.48. The van der Waals surface area contributed by atoms with Crippen molar-refractivity contribution in [2.75, 3.05) is 6.54 Å². The van der Waals surface area contributed by atoms with Gasteiger partial charge in [0, 0.05) is 0 Å². The van der Waals surface area contributed by atoms with E-state index < -0.39 is 5.97 Å². The van der Waals surface area contributed by atoms with Crippen LogP contribution >= 0.6 is 0 Å². The first-order valence-electron chi connectivity index (χ1n) is 1.84. The third-order valence-corrected chi connectivity index (χ3v) is 0.640. The van der Waals surface area contributed by atoms with Crippen molar-refractivity contribution in [3.8, 4) is 0 Å². The highest BCUT2D eigenvalue weighted by atomic mass is 16.6. The number of carbonyl (C=O) groups excluding carboxylic acids is 1. The van der Waals surface area contributed by atoms with E-state index in [1.54, 1.807) is 0 Å². The van der Waals surface area contributed by atoms with Crippen molar-refractivity contribution in [1.29, 1.82) is 0 Å². The number of esters is 1. The van der Waals surface area contributed by atoms with Crippen LogP contribution in [0.2, 0.25) is 0 Å². The van der Waals surface area contributed by atoms with Crippen LogP contribution in [0.15, 0.2) is 0 Å². The Balaban J connectivity index is 2.40. The Labute approximate surface area is 40.2 Å². The molecule has 1 N–H and O–H groups in total. The molecular formula is C3H4NO3. The fraction of sp³-hybridized carbons (Fsp3) is 0.333. The number of hydroxylamine groups is 2. The van der Waals surface area contributed by atoms with Crippen LogP contribution in [0.5, 0.6) is 0 Å². The van der Waals surface area contributed by atoms with Crippen LogP contribution < -0.4 is 5.06 Å². The van der Waals surface area contributed by atoms with Gasteiger partial charge in [0.15, 0.2) is 6.54 Å². The summed E-state index contributed by atoms with van der Waals surface area (Å²) in [6.07, 6.45) is 0. The van der Waals surface area contributed by atoms with Crippen LogP contribution in [0.3, 0.4) is 0 Å². The van der Waals surface area contributed by atoms with Gasteiger partial charge in [-0.2, -0.15) is 0 Å². The number of hydrogen-bond donors (Lipinski definition) is 1. The summed E-state index contributed by atoms with van der Waals surface area (Å²) in [5.41, 5.74) is 0. The Morgan fingerprint density at radius 2 is 2.71 bits per heavy atom. The second-order valence-corrected chi connectivity index (χ2v) is 1.25. The van der Waals surface area contributed by atoms with E-state index >= 15 is 0 Å². The summed E-state index contributed by atoms with van der Waals surface area (Å²) in [5.74, 6) is -0.454. The number of cyclic esters (lactones) is 1. The molecule has 39 valence electrons. The molecule has 1 heterocycles. The first-order valence-corrected chi connectivity index (χ1v) is 1.84. The molecule has 1 saturated heterocycles. The van der Waals surface area contributed by atoms with Crippen molar-refractivity contribution in [1.82, 2.24) is 0 Å². The predicted octanol–water partition coefficient (Wildman–Crippen LogP) is -1.95. The third kappa shape index (κ3) is 0.880. The Kier molecular flexibility index (Phi) is 0.958. The van der Waals surface area contributed by atoms with Gasteiger partial charge in [-0.05, 0) is 0 Å². The van der Waals surface area contributed by atoms with Crippen LogP contribution in [0.1, 0.15) is 0 Å². The lowest BCUT2D eigenvalue weighted by atomic mass is 10.7. The minimum Gasteiger partial charge on any atom is -0.631 e. The molecule has 1 fully saturated rings. The molecular weight excluding hydrogens is 98.0 g/mol. The Morgan fingerprint density at radius 1 is 2.00 bits per heavy atom. The zero-order chi connectivity index (χ0) is 5.28. The van der Waals surface area contributed by atoms with Gasteiger partial charge >= 0.3 is 12.7 Å². The number of hydrogen-bond acceptors (Lipinski definition) is 3. The van der Waals surface area contributed by atoms with Gasteiger partial charge in [0.2, 0.25) is 0 Å². The molecule has 1 aliphatic heterocycles. The lowest BCUT2D eigenvalue weighted by Gasteiger charge is -2.05. The number of quaternary nitrogens is 1. The van der Waals surface area contributed by atoms with Gasteiger partial charge in [-0.1, -0.05) is 0 Å². The topological polar surface area (TPSA) is 53.8 Å². The maximum absolute atomic E-state index is 10.1. The van der Waals surface area contributed by atoms with Gasteiger partial charge in [-0.15, -0.1) is 0 Å². The van der Waals surface area contributed by atoms with Crippen LogP contribution in [0.4, 0.5) is 0 Å². The average Bonchev–Trinajstić information content (AvgIpc) is 1.87. The van der Waals surface area contributed by atoms with Crippen molar-refractivity contribution in [2.24, 2.45) is 0 Å². The average molecular weight is 102 g/mol. The third-order valence-electron chi connectivity index (χ3n) is 0.640. The SMILES string of the molecule is O=C1C[NH+]([O-])[CH]O1. The number of carbonyl (C=O) groups is 1. The molecule has 4 heteroatoms. The summed E-state index contributed by atoms with van der Waals surface area (Å²) >= 11 is 0. The molecule has 0 amide bonds. The molecule has 0 spiro atoms. The highest BCUT2D eigenvalue weighted by molar-refractivity contribution is 5.71. The molecule has 0 saturated carbocycles. The van der Waals surface area contributed by atoms with Crippen LogP contribution in [0.25, 0.3) is 0 Å². The molecule has 0 aromatic heterocycles. The fourth-order valence-electron chi connectivity index (χ4n) is 0.357. The minimum absolute atomic E-state index is 0.0833. The molecule has 0 aromatic carbocycles. The normalized spacial score (nSPS) is 30.4. The van der Waals surface area contributed by atoms with Crippen molar-refractivity contribution in [3.63, 3.8) is 0 Å². The molecule has 7 heavy (non-hydrogen) atoms. The van der Waals surface area contributed by atoms with E-state index in [0.29, 0.717) is 0 Å². The van der Waals surface area contributed by atoms with Crippen LogP contribution in [-0.2, 0) is 9.53 Å². The lowest BCUT2D eigenvalue weighted by Crippen LogP contribution is -3.02. The minimum atomic E-state index is -0.454. The van der Waals surface area contributed by atoms with E-state index in [1.807, 2.05) is 0 Å². The van der Waals surface area contributed by atoms with Gasteiger partial charge in [0.1, 0.15) is 0 Å². The van der Waals surface area contributed by atoms with Gasteiger partial charge in [-0.3, -0.25) is 0 Å². The summed E-state index contributed by atoms with van der Waals surface area (Å²) < 4.78 is 4.15. The zero-order valence-electron chi connectivity index (χ0n) is 3.51. The molecule has 0 aliphatic carbocycles. The van der Waals surface area contributed by atoms with Crippen LogP contribution in [-0.4, -0.2) is 12.5 Å². The van der Waals surface area contributed by atoms with Gasteiger partial charge in [-0.25, -0.2) is 4.79 Å². The number of rotatable bonds is 0. The fourth-order valence-corrected chi connectivity index (χ4v) is 0.357. The molecule has 1 aliphatic rings. The van der Waals surface area contributed by atoms with Gasteiger partial charge < -0.3 is 15.0 Å². The van der Waals surface area contributed by atoms with Crippen LogP contribution in [0, 0.1) is 11.9 Å². The predicted molar refractivity (Wildman–Crippen MR) is 19.6 cm³/mol. The Bertz CT molecular complexity index is 92.2. The van der Waals surface area contributed by atoms with E-state index in [9.17, 15) is 10.0 Å². The first kappa shape index (κ1) is 4.55. The standard InChI is InChI=1S/C3H4NO3/c5-3-1-4(6)2-7-3/h2,4H,1H2. The first-order chi connectivity index (χ1) is 3.29. The van der Waals surface area contributed by atoms with E-state index in [0.717, 1.165) is 6.73 Å². The number of nitrogens with one attached hydrogen (secondary N) is 1. The zero-order valence-corrected chi connectivity index (χ0v) is 3.51. The van der Waals surface area contributed by atoms with E-state index in [2.05, 4.69) is 4.74 Å². The smallest absolute Gasteiger partial charge is 0.366 e. The lowest BCUT2D eigenvalue weighted by molar-refractivity contribution is -0.808. The highest BCUT2D eigenvalue weighted by Crippen LogP contribution is 1.79. The van der Waals surface area contributed by atoms with Crippen molar-refractivity contribution in [3.05, 3.63) is 11.9 Å². The monoisotopic (exact) mass is 102 g/mol. The largest absolute Gasteiger partial charge is 0.631 e. The van der Waals surface area contributed by atoms with Crippen molar-refractivity contribution < 1.29 is 14.6 Å². The second-order valence-electron chi connectivity index (χ2n) is 1.25. The van der Waals surface area contributed by atoms with Crippen molar-refractivity contribution in [2.45, 2.75) is 0 Å². The van der Waals surface area contributed by atoms with E-state index in [-0.39, 0.29) is 11.6 Å². The molecule has 4 nitrogen and oxygen atoms in total. The summed E-state index contributed by atoms with van der Waals surface area (Å²) in [6, 6.07) is 0. The maximum atomic E-state index is 10.1. The summed E-state index contributed by atoms with van der Waals surface area (Å²) in [6.45, 7) is 0.850. The molecule has 1 rings (SSSR count). The summed E-state index contributed by atoms with van der Waals surface area (Å²) in [5, 5.41) is 9.81. The number of ether oxygens (including phenoxy) is 1. The van der Waals surface area contributed by atoms with Gasteiger partial charge in [0.05, 0.1) is 0 Å². The molecule has 0 aromatic rings. The van der Waals surface area contributed by atoms with Crippen molar-refractivity contribution >= 4 is 5.97 Å². The molecule has 1 atom stereocenters. The highest BCUT2D eigenvalue weighted by Gasteiger charge is 2.18. The molecule has 1 unspecified atom stereocenters. The summed E-state index contributed by atoms with van der Waals surface area (Å²) in [4.78, 5) is 9.98. The van der Waals surface area contributed by atoms with Gasteiger partial charge in [0.25, 0.3) is 0 Å². The Morgan fingerprint density at radius 3 is 2.86 bits per heavy atom. The van der Waals surface area contributed by atoms with E-state index in [1.165, 1.54) is 0 Å².